The first-order valence-corrected chi connectivity index (χ1v) is 4.19. The van der Waals surface area contributed by atoms with Gasteiger partial charge in [0.2, 0.25) is 6.04 Å². The second-order valence-corrected chi connectivity index (χ2v) is 3.75. The van der Waals surface area contributed by atoms with E-state index < -0.39 is 17.1 Å². The second-order valence-electron chi connectivity index (χ2n) is 3.75. The Balaban J connectivity index is 4.40. The van der Waals surface area contributed by atoms with Crippen LogP contribution in [-0.4, -0.2) is 22.2 Å². The highest BCUT2D eigenvalue weighted by Crippen LogP contribution is 2.16. The van der Waals surface area contributed by atoms with Crippen molar-refractivity contribution < 1.29 is 10.0 Å². The van der Waals surface area contributed by atoms with Crippen LogP contribution < -0.4 is 0 Å². The van der Waals surface area contributed by atoms with Gasteiger partial charge in [0.1, 0.15) is 6.10 Å². The average Bonchev–Trinajstić information content (AvgIpc) is 1.85. The van der Waals surface area contributed by atoms with Crippen LogP contribution in [0.1, 0.15) is 27.7 Å². The molecule has 0 fully saturated rings. The Hall–Kier alpha value is -0.640. The molecule has 2 unspecified atom stereocenters. The Labute approximate surface area is 72.7 Å². The summed E-state index contributed by atoms with van der Waals surface area (Å²) in [6.07, 6.45) is -0.847. The lowest BCUT2D eigenvalue weighted by Crippen LogP contribution is -2.41. The predicted molar refractivity (Wildman–Crippen MR) is 46.5 cm³/mol. The summed E-state index contributed by atoms with van der Waals surface area (Å²) >= 11 is 0. The molecule has 0 aliphatic carbocycles. The van der Waals surface area contributed by atoms with E-state index in [1.54, 1.807) is 27.7 Å². The summed E-state index contributed by atoms with van der Waals surface area (Å²) in [6, 6.07) is -0.843. The fourth-order valence-corrected chi connectivity index (χ4v) is 1.16. The largest absolute Gasteiger partial charge is 0.386 e. The van der Waals surface area contributed by atoms with Crippen molar-refractivity contribution in [3.05, 3.63) is 10.1 Å². The van der Waals surface area contributed by atoms with E-state index in [4.69, 9.17) is 0 Å². The molecule has 72 valence electrons. The third-order valence-electron chi connectivity index (χ3n) is 1.96. The first-order valence-electron chi connectivity index (χ1n) is 4.19. The summed E-state index contributed by atoms with van der Waals surface area (Å²) in [5, 5.41) is 20.0. The maximum atomic E-state index is 10.5. The molecule has 0 rings (SSSR count). The van der Waals surface area contributed by atoms with Gasteiger partial charge in [-0.25, -0.2) is 0 Å². The van der Waals surface area contributed by atoms with Gasteiger partial charge in [0, 0.05) is 10.8 Å². The molecule has 0 aromatic heterocycles. The number of aliphatic hydroxyl groups excluding tert-OH is 1. The fraction of sp³-hybridized carbons (Fsp3) is 1.00. The maximum Gasteiger partial charge on any atom is 0.241 e. The standard InChI is InChI=1S/C8H17NO3/c1-5(2)7(9(11)12)8(10)6(3)4/h5-8,10H,1-4H3. The molecule has 0 spiro atoms. The van der Waals surface area contributed by atoms with E-state index in [1.807, 2.05) is 0 Å². The van der Waals surface area contributed by atoms with Crippen LogP contribution in [0.15, 0.2) is 0 Å². The lowest BCUT2D eigenvalue weighted by Gasteiger charge is -2.21. The van der Waals surface area contributed by atoms with Crippen LogP contribution in [0.4, 0.5) is 0 Å². The first kappa shape index (κ1) is 11.4. The molecular formula is C8H17NO3. The monoisotopic (exact) mass is 175 g/mol. The molecule has 0 saturated heterocycles. The summed E-state index contributed by atoms with van der Waals surface area (Å²) < 4.78 is 0. The Bertz CT molecular complexity index is 156. The van der Waals surface area contributed by atoms with Crippen LogP contribution in [0.3, 0.4) is 0 Å². The van der Waals surface area contributed by atoms with Crippen molar-refractivity contribution in [2.45, 2.75) is 39.8 Å². The molecule has 1 N–H and O–H groups in total. The molecule has 4 nitrogen and oxygen atoms in total. The van der Waals surface area contributed by atoms with Crippen LogP contribution >= 0.6 is 0 Å². The van der Waals surface area contributed by atoms with Crippen molar-refractivity contribution in [2.75, 3.05) is 0 Å². The molecule has 0 heterocycles. The summed E-state index contributed by atoms with van der Waals surface area (Å²) in [6.45, 7) is 7.06. The Morgan fingerprint density at radius 3 is 1.67 bits per heavy atom. The van der Waals surface area contributed by atoms with Gasteiger partial charge in [0.05, 0.1) is 0 Å². The van der Waals surface area contributed by atoms with E-state index in [2.05, 4.69) is 0 Å². The minimum atomic E-state index is -0.847. The number of hydrogen-bond donors (Lipinski definition) is 1. The lowest BCUT2D eigenvalue weighted by molar-refractivity contribution is -0.544. The van der Waals surface area contributed by atoms with Gasteiger partial charge in [-0.3, -0.25) is 10.1 Å². The molecule has 0 saturated carbocycles. The summed E-state index contributed by atoms with van der Waals surface area (Å²) in [5.74, 6) is -0.194. The second kappa shape index (κ2) is 4.40. The Morgan fingerprint density at radius 2 is 1.58 bits per heavy atom. The lowest BCUT2D eigenvalue weighted by atomic mass is 9.92. The van der Waals surface area contributed by atoms with E-state index in [0.29, 0.717) is 0 Å². The number of rotatable bonds is 4. The average molecular weight is 175 g/mol. The summed E-state index contributed by atoms with van der Waals surface area (Å²) in [7, 11) is 0. The van der Waals surface area contributed by atoms with Crippen LogP contribution in [-0.2, 0) is 0 Å². The maximum absolute atomic E-state index is 10.5. The summed E-state index contributed by atoms with van der Waals surface area (Å²) in [4.78, 5) is 10.1. The molecule has 0 bridgehead atoms. The zero-order valence-electron chi connectivity index (χ0n) is 8.02. The smallest absolute Gasteiger partial charge is 0.241 e. The van der Waals surface area contributed by atoms with Gasteiger partial charge in [0.25, 0.3) is 0 Å². The van der Waals surface area contributed by atoms with Crippen molar-refractivity contribution in [1.82, 2.24) is 0 Å². The van der Waals surface area contributed by atoms with Crippen LogP contribution in [0.5, 0.6) is 0 Å². The number of nitrogens with zero attached hydrogens (tertiary/aromatic N) is 1. The van der Waals surface area contributed by atoms with Crippen molar-refractivity contribution in [3.8, 4) is 0 Å². The van der Waals surface area contributed by atoms with E-state index in [0.717, 1.165) is 0 Å². The van der Waals surface area contributed by atoms with Crippen LogP contribution in [0.2, 0.25) is 0 Å². The van der Waals surface area contributed by atoms with Gasteiger partial charge in [-0.05, 0) is 5.92 Å². The van der Waals surface area contributed by atoms with E-state index in [1.165, 1.54) is 0 Å². The van der Waals surface area contributed by atoms with Gasteiger partial charge in [-0.15, -0.1) is 0 Å². The zero-order chi connectivity index (χ0) is 9.89. The van der Waals surface area contributed by atoms with E-state index >= 15 is 0 Å². The SMILES string of the molecule is CC(C)C(O)C(C(C)C)[N+](=O)[O-]. The molecule has 2 atom stereocenters. The normalized spacial score (nSPS) is 16.6. The molecule has 0 aromatic carbocycles. The topological polar surface area (TPSA) is 63.4 Å². The van der Waals surface area contributed by atoms with Gasteiger partial charge in [-0.2, -0.15) is 0 Å². The van der Waals surface area contributed by atoms with E-state index in [-0.39, 0.29) is 11.8 Å². The Kier molecular flexibility index (Phi) is 4.17. The molecule has 12 heavy (non-hydrogen) atoms. The van der Waals surface area contributed by atoms with Crippen molar-refractivity contribution >= 4 is 0 Å². The number of hydrogen-bond acceptors (Lipinski definition) is 3. The van der Waals surface area contributed by atoms with Crippen molar-refractivity contribution in [2.24, 2.45) is 11.8 Å². The highest BCUT2D eigenvalue weighted by atomic mass is 16.6. The minimum Gasteiger partial charge on any atom is -0.386 e. The molecule has 4 heteroatoms. The molecular weight excluding hydrogens is 158 g/mol. The molecule has 0 aromatic rings. The predicted octanol–water partition coefficient (Wildman–Crippen LogP) is 1.30. The van der Waals surface area contributed by atoms with Crippen LogP contribution in [0.25, 0.3) is 0 Å². The molecule has 0 aliphatic rings. The van der Waals surface area contributed by atoms with E-state index in [9.17, 15) is 15.2 Å². The third kappa shape index (κ3) is 2.77. The number of nitro groups is 1. The van der Waals surface area contributed by atoms with Crippen LogP contribution in [0, 0.1) is 22.0 Å². The van der Waals surface area contributed by atoms with Gasteiger partial charge >= 0.3 is 0 Å². The van der Waals surface area contributed by atoms with Crippen molar-refractivity contribution in [1.29, 1.82) is 0 Å². The zero-order valence-corrected chi connectivity index (χ0v) is 8.02. The fourth-order valence-electron chi connectivity index (χ4n) is 1.16. The van der Waals surface area contributed by atoms with Gasteiger partial charge < -0.3 is 5.11 Å². The number of aliphatic hydroxyl groups is 1. The third-order valence-corrected chi connectivity index (χ3v) is 1.96. The minimum absolute atomic E-state index is 0.0669. The highest BCUT2D eigenvalue weighted by Gasteiger charge is 2.34. The summed E-state index contributed by atoms with van der Waals surface area (Å²) in [5.41, 5.74) is 0. The molecule has 0 amide bonds. The highest BCUT2D eigenvalue weighted by molar-refractivity contribution is 4.73. The van der Waals surface area contributed by atoms with Crippen molar-refractivity contribution in [3.63, 3.8) is 0 Å². The molecule has 0 radical (unpaired) electrons. The van der Waals surface area contributed by atoms with Gasteiger partial charge in [0.15, 0.2) is 0 Å². The molecule has 0 aliphatic heterocycles. The quantitative estimate of drug-likeness (QED) is 0.517. The van der Waals surface area contributed by atoms with Gasteiger partial charge in [-0.1, -0.05) is 27.7 Å². The first-order chi connectivity index (χ1) is 5.37. The Morgan fingerprint density at radius 1 is 1.17 bits per heavy atom.